The number of nitrogens with one attached hydrogen (secondary N) is 1. The molecule has 0 spiro atoms. The molecule has 0 saturated heterocycles. The van der Waals surface area contributed by atoms with E-state index in [2.05, 4.69) is 35.5 Å². The largest absolute Gasteiger partial charge is 0.378 e. The van der Waals surface area contributed by atoms with Gasteiger partial charge in [-0.2, -0.15) is 4.99 Å². The van der Waals surface area contributed by atoms with Gasteiger partial charge in [-0.1, -0.05) is 44.7 Å². The maximum Gasteiger partial charge on any atom is 0.259 e. The number of hydrogen-bond acceptors (Lipinski definition) is 4. The number of aliphatic imine (C=N–C) groups is 1. The molecule has 2 saturated carbocycles. The van der Waals surface area contributed by atoms with E-state index >= 15 is 0 Å². The molecule has 6 heteroatoms. The lowest BCUT2D eigenvalue weighted by Gasteiger charge is -2.18. The molecule has 3 rings (SSSR count). The minimum Gasteiger partial charge on any atom is -0.378 e. The lowest BCUT2D eigenvalue weighted by Crippen LogP contribution is -2.26. The quantitative estimate of drug-likeness (QED) is 0.430. The van der Waals surface area contributed by atoms with Crippen LogP contribution in [0.25, 0.3) is 0 Å². The van der Waals surface area contributed by atoms with Crippen molar-refractivity contribution in [1.29, 1.82) is 5.41 Å². The van der Waals surface area contributed by atoms with E-state index in [1.54, 1.807) is 11.8 Å². The summed E-state index contributed by atoms with van der Waals surface area (Å²) in [5.41, 5.74) is 6.51. The summed E-state index contributed by atoms with van der Waals surface area (Å²) in [6, 6.07) is 8.36. The van der Waals surface area contributed by atoms with Crippen molar-refractivity contribution < 1.29 is 4.79 Å². The number of carbonyl (C=O) groups excluding carboxylic acids is 1. The van der Waals surface area contributed by atoms with Crippen LogP contribution in [0.15, 0.2) is 34.2 Å². The second-order valence-corrected chi connectivity index (χ2v) is 9.18. The van der Waals surface area contributed by atoms with Crippen LogP contribution in [0.1, 0.15) is 51.0 Å². The fourth-order valence-corrected chi connectivity index (χ4v) is 5.16. The topological polar surface area (TPSA) is 79.3 Å². The molecule has 140 valence electrons. The summed E-state index contributed by atoms with van der Waals surface area (Å²) < 4.78 is 0. The molecular formula is C20H27N3OS2. The van der Waals surface area contributed by atoms with Crippen LogP contribution in [0.5, 0.6) is 0 Å². The average molecular weight is 390 g/mol. The standard InChI is InChI=1S/C20H27N3OS2/c1-3-17(21)26-19(22)23-18(24)20(12-16(20)13-6-4-5-7-13)14-8-10-15(25-2)11-9-14/h8-11,13,16,21H,3-7,12H2,1-2H3,(H2,22,23,24)/t16?,20-/m0/s1. The fourth-order valence-electron chi connectivity index (χ4n) is 4.23. The van der Waals surface area contributed by atoms with Crippen LogP contribution >= 0.6 is 23.5 Å². The van der Waals surface area contributed by atoms with Gasteiger partial charge in [-0.15, -0.1) is 11.8 Å². The van der Waals surface area contributed by atoms with Gasteiger partial charge in [0.15, 0.2) is 5.17 Å². The third kappa shape index (κ3) is 3.86. The first-order valence-electron chi connectivity index (χ1n) is 9.29. The number of rotatable bonds is 5. The van der Waals surface area contributed by atoms with Gasteiger partial charge >= 0.3 is 0 Å². The van der Waals surface area contributed by atoms with Gasteiger partial charge in [0.2, 0.25) is 0 Å². The number of benzene rings is 1. The van der Waals surface area contributed by atoms with Gasteiger partial charge in [-0.3, -0.25) is 10.2 Å². The Balaban J connectivity index is 1.87. The second kappa shape index (κ2) is 8.17. The summed E-state index contributed by atoms with van der Waals surface area (Å²) in [6.07, 6.45) is 8.51. The third-order valence-corrected chi connectivity index (χ3v) is 7.31. The Morgan fingerprint density at radius 1 is 1.31 bits per heavy atom. The maximum atomic E-state index is 13.2. The molecule has 2 atom stereocenters. The lowest BCUT2D eigenvalue weighted by atomic mass is 9.87. The zero-order valence-electron chi connectivity index (χ0n) is 15.5. The maximum absolute atomic E-state index is 13.2. The van der Waals surface area contributed by atoms with Crippen molar-refractivity contribution in [3.63, 3.8) is 0 Å². The Morgan fingerprint density at radius 3 is 2.54 bits per heavy atom. The summed E-state index contributed by atoms with van der Waals surface area (Å²) in [4.78, 5) is 18.6. The Labute approximate surface area is 164 Å². The monoisotopic (exact) mass is 389 g/mol. The zero-order chi connectivity index (χ0) is 18.7. The molecule has 1 amide bonds. The van der Waals surface area contributed by atoms with Crippen LogP contribution in [0, 0.1) is 17.2 Å². The molecule has 1 aromatic carbocycles. The van der Waals surface area contributed by atoms with Crippen molar-refractivity contribution in [1.82, 2.24) is 0 Å². The van der Waals surface area contributed by atoms with Gasteiger partial charge in [0, 0.05) is 4.90 Å². The van der Waals surface area contributed by atoms with Gasteiger partial charge < -0.3 is 5.73 Å². The van der Waals surface area contributed by atoms with E-state index in [9.17, 15) is 4.79 Å². The molecule has 4 nitrogen and oxygen atoms in total. The average Bonchev–Trinajstić information content (AvgIpc) is 3.17. The molecule has 1 unspecified atom stereocenters. The van der Waals surface area contributed by atoms with Crippen molar-refractivity contribution in [2.24, 2.45) is 22.6 Å². The van der Waals surface area contributed by atoms with Gasteiger partial charge in [0.1, 0.15) is 0 Å². The Hall–Kier alpha value is -1.27. The molecule has 2 fully saturated rings. The van der Waals surface area contributed by atoms with E-state index in [1.807, 2.05) is 6.92 Å². The summed E-state index contributed by atoms with van der Waals surface area (Å²) in [7, 11) is 0. The number of hydrogen-bond donors (Lipinski definition) is 2. The Bertz CT molecular complexity index is 710. The number of amidine groups is 1. The van der Waals surface area contributed by atoms with Crippen molar-refractivity contribution in [3.8, 4) is 0 Å². The Morgan fingerprint density at radius 2 is 1.96 bits per heavy atom. The first kappa shape index (κ1) is 19.5. The van der Waals surface area contributed by atoms with E-state index in [0.29, 0.717) is 23.3 Å². The number of thioether (sulfide) groups is 2. The van der Waals surface area contributed by atoms with Crippen molar-refractivity contribution in [2.45, 2.75) is 55.8 Å². The number of carbonyl (C=O) groups is 1. The summed E-state index contributed by atoms with van der Waals surface area (Å²) in [6.45, 7) is 1.90. The van der Waals surface area contributed by atoms with Crippen molar-refractivity contribution in [2.75, 3.05) is 6.26 Å². The predicted octanol–water partition coefficient (Wildman–Crippen LogP) is 4.82. The summed E-state index contributed by atoms with van der Waals surface area (Å²) in [5.74, 6) is 0.877. The number of nitrogens with two attached hydrogens (primary N) is 1. The highest BCUT2D eigenvalue weighted by molar-refractivity contribution is 8.26. The first-order valence-corrected chi connectivity index (χ1v) is 11.3. The van der Waals surface area contributed by atoms with Crippen LogP contribution in [0.2, 0.25) is 0 Å². The smallest absolute Gasteiger partial charge is 0.259 e. The SMILES string of the molecule is CCC(=N)SC(N)=NC(=O)[C@]1(c2ccc(SC)cc2)CC1C1CCCC1. The minimum atomic E-state index is -0.508. The molecule has 3 N–H and O–H groups in total. The summed E-state index contributed by atoms with van der Waals surface area (Å²) in [5, 5.41) is 8.38. The zero-order valence-corrected chi connectivity index (χ0v) is 17.1. The van der Waals surface area contributed by atoms with Gasteiger partial charge in [-0.05, 0) is 60.4 Å². The normalized spacial score (nSPS) is 26.1. The van der Waals surface area contributed by atoms with Crippen LogP contribution in [0.3, 0.4) is 0 Å². The first-order chi connectivity index (χ1) is 12.5. The van der Waals surface area contributed by atoms with E-state index < -0.39 is 5.41 Å². The van der Waals surface area contributed by atoms with Gasteiger partial charge in [0.25, 0.3) is 5.91 Å². The fraction of sp³-hybridized carbons (Fsp3) is 0.550. The van der Waals surface area contributed by atoms with Crippen molar-refractivity contribution >= 4 is 39.6 Å². The highest BCUT2D eigenvalue weighted by Crippen LogP contribution is 2.61. The van der Waals surface area contributed by atoms with Crippen LogP contribution in [-0.2, 0) is 10.2 Å². The predicted molar refractivity (Wildman–Crippen MR) is 112 cm³/mol. The number of amides is 1. The second-order valence-electron chi connectivity index (χ2n) is 7.19. The van der Waals surface area contributed by atoms with Crippen LogP contribution in [-0.4, -0.2) is 22.4 Å². The molecule has 0 heterocycles. The molecule has 2 aliphatic rings. The number of nitrogens with zero attached hydrogens (tertiary/aromatic N) is 1. The van der Waals surface area contributed by atoms with Crippen LogP contribution in [0.4, 0.5) is 0 Å². The highest BCUT2D eigenvalue weighted by Gasteiger charge is 2.63. The molecular weight excluding hydrogens is 362 g/mol. The molecule has 0 bridgehead atoms. The van der Waals surface area contributed by atoms with Crippen LogP contribution < -0.4 is 5.73 Å². The summed E-state index contributed by atoms with van der Waals surface area (Å²) >= 11 is 2.80. The lowest BCUT2D eigenvalue weighted by molar-refractivity contribution is -0.120. The van der Waals surface area contributed by atoms with E-state index in [-0.39, 0.29) is 11.1 Å². The van der Waals surface area contributed by atoms with Gasteiger partial charge in [-0.25, -0.2) is 0 Å². The molecule has 0 radical (unpaired) electrons. The molecule has 0 aliphatic heterocycles. The highest BCUT2D eigenvalue weighted by atomic mass is 32.2. The molecule has 2 aliphatic carbocycles. The van der Waals surface area contributed by atoms with E-state index in [4.69, 9.17) is 11.1 Å². The Kier molecular flexibility index (Phi) is 6.13. The van der Waals surface area contributed by atoms with E-state index in [1.165, 1.54) is 30.6 Å². The minimum absolute atomic E-state index is 0.125. The van der Waals surface area contributed by atoms with Crippen molar-refractivity contribution in [3.05, 3.63) is 29.8 Å². The third-order valence-electron chi connectivity index (χ3n) is 5.73. The van der Waals surface area contributed by atoms with Gasteiger partial charge in [0.05, 0.1) is 10.5 Å². The molecule has 26 heavy (non-hydrogen) atoms. The molecule has 1 aromatic rings. The molecule has 0 aromatic heterocycles. The van der Waals surface area contributed by atoms with E-state index in [0.717, 1.165) is 23.7 Å².